The Morgan fingerprint density at radius 2 is 1.77 bits per heavy atom. The molecule has 212 valence electrons. The van der Waals surface area contributed by atoms with Gasteiger partial charge in [-0.2, -0.15) is 4.57 Å². The predicted molar refractivity (Wildman–Crippen MR) is 148 cm³/mol. The SMILES string of the molecule is C[n+]1c2ccccc2c(NCCN2CCCCC2)c2oc3ccc(OCC[N+]4(C)CCOCC4)cc3c21.[I-].[I-]. The fourth-order valence-corrected chi connectivity index (χ4v) is 5.97. The number of piperidine rings is 1. The molecule has 2 aliphatic heterocycles. The maximum absolute atomic E-state index is 6.52. The molecule has 2 aliphatic rings. The molecule has 9 heteroatoms. The molecule has 0 aliphatic carbocycles. The number of aryl methyl sites for hydroxylation is 1. The first kappa shape index (κ1) is 30.5. The molecule has 4 heterocycles. The average Bonchev–Trinajstić information content (AvgIpc) is 3.30. The first-order valence-electron chi connectivity index (χ1n) is 13.9. The topological polar surface area (TPSA) is 50.8 Å². The fourth-order valence-electron chi connectivity index (χ4n) is 5.97. The first-order chi connectivity index (χ1) is 18.1. The quantitative estimate of drug-likeness (QED) is 0.133. The zero-order valence-corrected chi connectivity index (χ0v) is 27.4. The predicted octanol–water partition coefficient (Wildman–Crippen LogP) is -1.67. The lowest BCUT2D eigenvalue weighted by Crippen LogP contribution is -3.00. The smallest absolute Gasteiger partial charge is 0.261 e. The maximum atomic E-state index is 6.52. The zero-order valence-electron chi connectivity index (χ0n) is 23.1. The van der Waals surface area contributed by atoms with Crippen LogP contribution in [0, 0.1) is 0 Å². The Hall–Kier alpha value is -1.41. The van der Waals surface area contributed by atoms with Crippen molar-refractivity contribution in [2.75, 3.05) is 78.0 Å². The number of furan rings is 1. The number of ether oxygens (including phenoxy) is 2. The molecule has 2 aromatic carbocycles. The lowest BCUT2D eigenvalue weighted by atomic mass is 10.1. The number of aromatic nitrogens is 1. The molecule has 0 atom stereocenters. The largest absolute Gasteiger partial charge is 1.00 e. The van der Waals surface area contributed by atoms with Gasteiger partial charge in [-0.25, -0.2) is 0 Å². The van der Waals surface area contributed by atoms with Crippen LogP contribution in [0.4, 0.5) is 5.69 Å². The average molecular weight is 758 g/mol. The number of pyridine rings is 1. The number of hydrogen-bond acceptors (Lipinski definition) is 5. The molecule has 4 aromatic rings. The number of likely N-dealkylation sites (tertiary alicyclic amines) is 1. The van der Waals surface area contributed by atoms with Gasteiger partial charge >= 0.3 is 0 Å². The van der Waals surface area contributed by atoms with Crippen LogP contribution in [0.5, 0.6) is 5.75 Å². The van der Waals surface area contributed by atoms with Crippen molar-refractivity contribution in [3.05, 3.63) is 42.5 Å². The van der Waals surface area contributed by atoms with Gasteiger partial charge in [0, 0.05) is 19.2 Å². The number of nitrogens with one attached hydrogen (secondary N) is 1. The summed E-state index contributed by atoms with van der Waals surface area (Å²) in [5.74, 6) is 0.892. The van der Waals surface area contributed by atoms with Gasteiger partial charge in [0.15, 0.2) is 0 Å². The molecule has 7 nitrogen and oxygen atoms in total. The molecule has 2 saturated heterocycles. The van der Waals surface area contributed by atoms with Crippen molar-refractivity contribution in [1.82, 2.24) is 4.90 Å². The van der Waals surface area contributed by atoms with Crippen LogP contribution in [0.3, 0.4) is 0 Å². The minimum absolute atomic E-state index is 0. The Kier molecular flexibility index (Phi) is 10.6. The second-order valence-corrected chi connectivity index (χ2v) is 11.0. The van der Waals surface area contributed by atoms with E-state index in [0.717, 1.165) is 83.9 Å². The number of anilines is 1. The molecule has 0 radical (unpaired) electrons. The summed E-state index contributed by atoms with van der Waals surface area (Å²) in [6.45, 7) is 9.81. The molecule has 0 saturated carbocycles. The van der Waals surface area contributed by atoms with E-state index in [2.05, 4.69) is 65.3 Å². The Morgan fingerprint density at radius 1 is 1.00 bits per heavy atom. The van der Waals surface area contributed by atoms with Gasteiger partial charge in [0.1, 0.15) is 44.6 Å². The van der Waals surface area contributed by atoms with E-state index in [1.54, 1.807) is 0 Å². The lowest BCUT2D eigenvalue weighted by Gasteiger charge is -2.37. The number of nitrogens with zero attached hydrogens (tertiary/aromatic N) is 3. The van der Waals surface area contributed by atoms with Crippen LogP contribution in [-0.2, 0) is 11.8 Å². The van der Waals surface area contributed by atoms with Crippen molar-refractivity contribution in [3.63, 3.8) is 0 Å². The van der Waals surface area contributed by atoms with E-state index in [1.807, 2.05) is 6.07 Å². The van der Waals surface area contributed by atoms with E-state index in [1.165, 1.54) is 43.3 Å². The summed E-state index contributed by atoms with van der Waals surface area (Å²) >= 11 is 0. The van der Waals surface area contributed by atoms with Crippen molar-refractivity contribution >= 4 is 38.7 Å². The third-order valence-corrected chi connectivity index (χ3v) is 8.36. The van der Waals surface area contributed by atoms with Crippen LogP contribution in [0.2, 0.25) is 0 Å². The molecule has 39 heavy (non-hydrogen) atoms. The number of hydrogen-bond donors (Lipinski definition) is 1. The van der Waals surface area contributed by atoms with Crippen molar-refractivity contribution in [2.45, 2.75) is 19.3 Å². The van der Waals surface area contributed by atoms with Crippen LogP contribution in [0.15, 0.2) is 46.9 Å². The summed E-state index contributed by atoms with van der Waals surface area (Å²) in [6.07, 6.45) is 3.99. The van der Waals surface area contributed by atoms with Crippen LogP contribution >= 0.6 is 0 Å². The van der Waals surface area contributed by atoms with Gasteiger partial charge in [0.25, 0.3) is 5.52 Å². The van der Waals surface area contributed by atoms with E-state index in [0.29, 0.717) is 6.61 Å². The van der Waals surface area contributed by atoms with Gasteiger partial charge in [-0.3, -0.25) is 0 Å². The van der Waals surface area contributed by atoms with Gasteiger partial charge in [-0.15, -0.1) is 0 Å². The molecule has 0 amide bonds. The van der Waals surface area contributed by atoms with Crippen LogP contribution in [0.1, 0.15) is 19.3 Å². The van der Waals surface area contributed by atoms with E-state index >= 15 is 0 Å². The highest BCUT2D eigenvalue weighted by Crippen LogP contribution is 2.37. The minimum atomic E-state index is 0. The lowest BCUT2D eigenvalue weighted by molar-refractivity contribution is -0.916. The number of para-hydroxylation sites is 1. The van der Waals surface area contributed by atoms with Crippen molar-refractivity contribution in [1.29, 1.82) is 0 Å². The Balaban J connectivity index is 0.00000176. The summed E-state index contributed by atoms with van der Waals surface area (Å²) < 4.78 is 21.6. The summed E-state index contributed by atoms with van der Waals surface area (Å²) in [6, 6.07) is 14.8. The zero-order chi connectivity index (χ0) is 25.2. The molecule has 0 unspecified atom stereocenters. The van der Waals surface area contributed by atoms with Gasteiger partial charge < -0.3 is 76.5 Å². The van der Waals surface area contributed by atoms with Gasteiger partial charge in [0.05, 0.1) is 36.7 Å². The number of likely N-dealkylation sites (N-methyl/N-ethyl adjacent to an activating group) is 1. The molecular weight excluding hydrogens is 718 g/mol. The highest BCUT2D eigenvalue weighted by Gasteiger charge is 2.26. The number of rotatable bonds is 8. The molecule has 0 bridgehead atoms. The van der Waals surface area contributed by atoms with E-state index < -0.39 is 0 Å². The standard InChI is InChI=1S/C30H39N4O3.2HI/c1-32-26-9-5-4-8-24(26)28(31-12-15-33-13-6-3-7-14-33)30-29(32)25-22-23(10-11-27(25)37-30)36-21-18-34(2)16-19-35-20-17-34;;/h4-5,8-11,22H,3,6-7,12-21H2,1-2H3;2*1H/q+1;;/p-1. The van der Waals surface area contributed by atoms with Gasteiger partial charge in [-0.1, -0.05) is 18.6 Å². The Bertz CT molecular complexity index is 1400. The first-order valence-corrected chi connectivity index (χ1v) is 13.9. The second-order valence-electron chi connectivity index (χ2n) is 11.0. The summed E-state index contributed by atoms with van der Waals surface area (Å²) in [7, 11) is 4.43. The molecule has 0 spiro atoms. The van der Waals surface area contributed by atoms with E-state index in [4.69, 9.17) is 13.9 Å². The van der Waals surface area contributed by atoms with Crippen molar-refractivity contribution in [2.24, 2.45) is 7.05 Å². The molecule has 1 N–H and O–H groups in total. The second kappa shape index (κ2) is 13.5. The third kappa shape index (κ3) is 6.58. The number of halogens is 2. The van der Waals surface area contributed by atoms with Crippen LogP contribution in [-0.4, -0.2) is 82.1 Å². The van der Waals surface area contributed by atoms with Crippen molar-refractivity contribution in [3.8, 4) is 5.75 Å². The van der Waals surface area contributed by atoms with Crippen LogP contribution in [0.25, 0.3) is 33.0 Å². The summed E-state index contributed by atoms with van der Waals surface area (Å²) in [5, 5.41) is 6.04. The van der Waals surface area contributed by atoms with Gasteiger partial charge in [-0.05, 0) is 50.2 Å². The normalized spacial score (nSPS) is 17.6. The minimum Gasteiger partial charge on any atom is -1.00 e. The Labute approximate surface area is 265 Å². The molecular formula is C30H40I2N4O3. The molecule has 2 aromatic heterocycles. The van der Waals surface area contributed by atoms with E-state index in [9.17, 15) is 0 Å². The summed E-state index contributed by atoms with van der Waals surface area (Å²) in [4.78, 5) is 2.57. The maximum Gasteiger partial charge on any atom is 0.261 e. The highest BCUT2D eigenvalue weighted by atomic mass is 127. The van der Waals surface area contributed by atoms with Crippen LogP contribution < -0.4 is 62.6 Å². The number of benzene rings is 2. The molecule has 6 rings (SSSR count). The monoisotopic (exact) mass is 758 g/mol. The van der Waals surface area contributed by atoms with E-state index in [-0.39, 0.29) is 48.0 Å². The van der Waals surface area contributed by atoms with Crippen molar-refractivity contribution < 1.29 is 70.9 Å². The Morgan fingerprint density at radius 3 is 2.56 bits per heavy atom. The number of morpholine rings is 1. The fraction of sp³-hybridized carbons (Fsp3) is 0.500. The third-order valence-electron chi connectivity index (χ3n) is 8.36. The summed E-state index contributed by atoms with van der Waals surface area (Å²) in [5.41, 5.74) is 5.18. The molecule has 2 fully saturated rings. The number of quaternary nitrogens is 1. The highest BCUT2D eigenvalue weighted by molar-refractivity contribution is 6.11. The van der Waals surface area contributed by atoms with Gasteiger partial charge in [0.2, 0.25) is 11.1 Å². The number of fused-ring (bicyclic) bond motifs is 4.